The second kappa shape index (κ2) is 6.06. The van der Waals surface area contributed by atoms with Crippen molar-refractivity contribution in [3.05, 3.63) is 23.8 Å². The highest BCUT2D eigenvalue weighted by Crippen LogP contribution is 2.34. The summed E-state index contributed by atoms with van der Waals surface area (Å²) in [4.78, 5) is 14.8. The molecular weight excluding hydrogens is 264 g/mol. The molecule has 0 aliphatic carbocycles. The number of hydrogen-bond donors (Lipinski definition) is 1. The van der Waals surface area contributed by atoms with Gasteiger partial charge in [-0.2, -0.15) is 0 Å². The van der Waals surface area contributed by atoms with Gasteiger partial charge in [-0.3, -0.25) is 4.79 Å². The number of piperidine rings is 1. The van der Waals surface area contributed by atoms with Crippen LogP contribution in [0, 0.1) is 5.92 Å². The van der Waals surface area contributed by atoms with Crippen molar-refractivity contribution in [3.8, 4) is 5.75 Å². The number of nitrogens with zero attached hydrogens (tertiary/aromatic N) is 1. The highest BCUT2D eigenvalue weighted by Gasteiger charge is 2.26. The molecule has 1 aromatic rings. The number of hydrogen-bond acceptors (Lipinski definition) is 4. The number of ketones is 1. The monoisotopic (exact) mass is 288 g/mol. The van der Waals surface area contributed by atoms with Crippen molar-refractivity contribution in [2.45, 2.75) is 32.3 Å². The van der Waals surface area contributed by atoms with Gasteiger partial charge in [-0.25, -0.2) is 0 Å². The molecule has 0 spiro atoms. The van der Waals surface area contributed by atoms with Crippen molar-refractivity contribution in [3.63, 3.8) is 0 Å². The van der Waals surface area contributed by atoms with E-state index in [9.17, 15) is 4.79 Å². The molecule has 0 radical (unpaired) electrons. The molecule has 0 bridgehead atoms. The normalized spacial score (nSPS) is 25.1. The number of carbonyl (C=O) groups excluding carboxylic acids is 1. The minimum absolute atomic E-state index is 0.120. The van der Waals surface area contributed by atoms with Gasteiger partial charge in [-0.05, 0) is 44.0 Å². The van der Waals surface area contributed by atoms with E-state index in [4.69, 9.17) is 4.74 Å². The maximum Gasteiger partial charge on any atom is 0.167 e. The van der Waals surface area contributed by atoms with Gasteiger partial charge >= 0.3 is 0 Å². The fourth-order valence-corrected chi connectivity index (χ4v) is 3.21. The maximum absolute atomic E-state index is 12.6. The van der Waals surface area contributed by atoms with Crippen molar-refractivity contribution in [2.24, 2.45) is 5.92 Å². The van der Waals surface area contributed by atoms with Crippen LogP contribution in [0.25, 0.3) is 0 Å². The van der Waals surface area contributed by atoms with Crippen LogP contribution in [0.1, 0.15) is 36.5 Å². The number of rotatable bonds is 3. The Morgan fingerprint density at radius 2 is 2.33 bits per heavy atom. The zero-order valence-electron chi connectivity index (χ0n) is 12.9. The summed E-state index contributed by atoms with van der Waals surface area (Å²) in [6.45, 7) is 4.85. The Balaban J connectivity index is 1.82. The van der Waals surface area contributed by atoms with Crippen LogP contribution in [0.5, 0.6) is 5.75 Å². The zero-order chi connectivity index (χ0) is 14.8. The van der Waals surface area contributed by atoms with Crippen molar-refractivity contribution in [2.75, 3.05) is 31.6 Å². The number of nitrogens with one attached hydrogen (secondary N) is 1. The van der Waals surface area contributed by atoms with E-state index in [-0.39, 0.29) is 17.8 Å². The van der Waals surface area contributed by atoms with E-state index in [2.05, 4.69) is 24.2 Å². The topological polar surface area (TPSA) is 41.6 Å². The molecule has 2 aliphatic rings. The van der Waals surface area contributed by atoms with Crippen LogP contribution in [0.3, 0.4) is 0 Å². The Hall–Kier alpha value is -1.55. The summed E-state index contributed by atoms with van der Waals surface area (Å²) >= 11 is 0. The van der Waals surface area contributed by atoms with E-state index in [1.807, 2.05) is 18.2 Å². The van der Waals surface area contributed by atoms with Gasteiger partial charge in [0, 0.05) is 25.1 Å². The lowest BCUT2D eigenvalue weighted by Crippen LogP contribution is -2.37. The molecular formula is C17H24N2O2. The van der Waals surface area contributed by atoms with Crippen LogP contribution in [0.15, 0.2) is 18.2 Å². The van der Waals surface area contributed by atoms with E-state index < -0.39 is 0 Å². The molecule has 2 unspecified atom stereocenters. The van der Waals surface area contributed by atoms with Crippen LogP contribution in [0.2, 0.25) is 0 Å². The summed E-state index contributed by atoms with van der Waals surface area (Å²) in [5.41, 5.74) is 1.85. The van der Waals surface area contributed by atoms with Crippen LogP contribution < -0.4 is 15.0 Å². The predicted octanol–water partition coefficient (Wildman–Crippen LogP) is 2.48. The largest absolute Gasteiger partial charge is 0.486 e. The van der Waals surface area contributed by atoms with Crippen LogP contribution in [-0.2, 0) is 0 Å². The minimum Gasteiger partial charge on any atom is -0.486 e. The molecule has 0 saturated carbocycles. The number of anilines is 1. The number of carbonyl (C=O) groups is 1. The number of likely N-dealkylation sites (N-methyl/N-ethyl adjacent to an activating group) is 1. The second-order valence-corrected chi connectivity index (χ2v) is 6.12. The molecule has 0 amide bonds. The average Bonchev–Trinajstić information content (AvgIpc) is 2.54. The molecule has 2 aliphatic heterocycles. The lowest BCUT2D eigenvalue weighted by molar-refractivity contribution is 0.0899. The number of fused-ring (bicyclic) bond motifs is 1. The van der Waals surface area contributed by atoms with E-state index in [1.54, 1.807) is 0 Å². The first-order chi connectivity index (χ1) is 10.2. The number of ether oxygens (including phenoxy) is 1. The van der Waals surface area contributed by atoms with Gasteiger partial charge in [0.05, 0.1) is 12.2 Å². The van der Waals surface area contributed by atoms with Gasteiger partial charge in [0.15, 0.2) is 5.78 Å². The Labute approximate surface area is 126 Å². The fourth-order valence-electron chi connectivity index (χ4n) is 3.21. The summed E-state index contributed by atoms with van der Waals surface area (Å²) in [6.07, 6.45) is 3.32. The molecule has 1 aromatic carbocycles. The maximum atomic E-state index is 12.6. The Bertz CT molecular complexity index is 524. The molecule has 21 heavy (non-hydrogen) atoms. The Morgan fingerprint density at radius 1 is 1.48 bits per heavy atom. The first-order valence-corrected chi connectivity index (χ1v) is 7.95. The smallest absolute Gasteiger partial charge is 0.167 e. The van der Waals surface area contributed by atoms with Gasteiger partial charge in [-0.1, -0.05) is 6.92 Å². The van der Waals surface area contributed by atoms with Crippen LogP contribution >= 0.6 is 0 Å². The molecule has 4 nitrogen and oxygen atoms in total. The molecule has 1 saturated heterocycles. The summed E-state index contributed by atoms with van der Waals surface area (Å²) in [5, 5.41) is 3.31. The predicted molar refractivity (Wildman–Crippen MR) is 84.3 cm³/mol. The van der Waals surface area contributed by atoms with Crippen molar-refractivity contribution in [1.29, 1.82) is 0 Å². The molecule has 0 aromatic heterocycles. The SMILES string of the molecule is CCC1CN(C)c2cc(C(=O)C3CCCNC3)ccc2O1. The molecule has 2 atom stereocenters. The van der Waals surface area contributed by atoms with Gasteiger partial charge in [-0.15, -0.1) is 0 Å². The third-order valence-corrected chi connectivity index (χ3v) is 4.55. The van der Waals surface area contributed by atoms with Crippen molar-refractivity contribution < 1.29 is 9.53 Å². The zero-order valence-corrected chi connectivity index (χ0v) is 12.9. The van der Waals surface area contributed by atoms with Gasteiger partial charge in [0.2, 0.25) is 0 Å². The van der Waals surface area contributed by atoms with Crippen LogP contribution in [0.4, 0.5) is 5.69 Å². The molecule has 2 heterocycles. The van der Waals surface area contributed by atoms with Gasteiger partial charge < -0.3 is 15.0 Å². The Morgan fingerprint density at radius 3 is 3.05 bits per heavy atom. The second-order valence-electron chi connectivity index (χ2n) is 6.12. The summed E-state index contributed by atoms with van der Waals surface area (Å²) in [5.74, 6) is 1.28. The van der Waals surface area contributed by atoms with E-state index in [1.165, 1.54) is 0 Å². The summed E-state index contributed by atoms with van der Waals surface area (Å²) in [7, 11) is 2.07. The number of benzene rings is 1. The molecule has 114 valence electrons. The average molecular weight is 288 g/mol. The lowest BCUT2D eigenvalue weighted by atomic mass is 9.90. The molecule has 3 rings (SSSR count). The first kappa shape index (κ1) is 14.4. The van der Waals surface area contributed by atoms with E-state index in [0.717, 1.165) is 55.9 Å². The standard InChI is InChI=1S/C17H24N2O2/c1-3-14-11-19(2)15-9-12(6-7-16(15)21-14)17(20)13-5-4-8-18-10-13/h6-7,9,13-14,18H,3-5,8,10-11H2,1-2H3. The quantitative estimate of drug-likeness (QED) is 0.868. The third kappa shape index (κ3) is 2.91. The van der Waals surface area contributed by atoms with E-state index in [0.29, 0.717) is 0 Å². The number of Topliss-reactive ketones (excluding diaryl/α,β-unsaturated/α-hetero) is 1. The van der Waals surface area contributed by atoms with Crippen molar-refractivity contribution in [1.82, 2.24) is 5.32 Å². The molecule has 1 N–H and O–H groups in total. The molecule has 4 heteroatoms. The van der Waals surface area contributed by atoms with E-state index >= 15 is 0 Å². The highest BCUT2D eigenvalue weighted by molar-refractivity contribution is 5.99. The Kier molecular flexibility index (Phi) is 4.15. The van der Waals surface area contributed by atoms with Gasteiger partial charge in [0.1, 0.15) is 11.9 Å². The third-order valence-electron chi connectivity index (χ3n) is 4.55. The van der Waals surface area contributed by atoms with Crippen LogP contribution in [-0.4, -0.2) is 38.6 Å². The lowest BCUT2D eigenvalue weighted by Gasteiger charge is -2.34. The molecule has 1 fully saturated rings. The minimum atomic E-state index is 0.120. The highest BCUT2D eigenvalue weighted by atomic mass is 16.5. The van der Waals surface area contributed by atoms with Gasteiger partial charge in [0.25, 0.3) is 0 Å². The van der Waals surface area contributed by atoms with Crippen molar-refractivity contribution >= 4 is 11.5 Å². The summed E-state index contributed by atoms with van der Waals surface area (Å²) < 4.78 is 5.97. The first-order valence-electron chi connectivity index (χ1n) is 7.95. The fraction of sp³-hybridized carbons (Fsp3) is 0.588. The summed E-state index contributed by atoms with van der Waals surface area (Å²) in [6, 6.07) is 5.87.